The Kier molecular flexibility index (Phi) is 5.36. The Bertz CT molecular complexity index is 389. The van der Waals surface area contributed by atoms with Crippen LogP contribution in [0, 0.1) is 5.92 Å². The summed E-state index contributed by atoms with van der Waals surface area (Å²) in [7, 11) is 1.58. The Morgan fingerprint density at radius 3 is 2.44 bits per heavy atom. The van der Waals surface area contributed by atoms with Gasteiger partial charge in [0.2, 0.25) is 0 Å². The number of nitrogens with zero attached hydrogens (tertiary/aromatic N) is 1. The van der Waals surface area contributed by atoms with E-state index in [1.807, 2.05) is 44.2 Å². The molecule has 1 aromatic rings. The second-order valence-electron chi connectivity index (χ2n) is 4.52. The maximum Gasteiger partial charge on any atom is 0.410 e. The number of amides is 1. The zero-order valence-electron chi connectivity index (χ0n) is 11.0. The number of likely N-dealkylation sites (N-methyl/N-ethyl adjacent to an activating group) is 1. The van der Waals surface area contributed by atoms with Crippen molar-refractivity contribution in [2.24, 2.45) is 5.92 Å². The smallest absolute Gasteiger partial charge is 0.410 e. The molecule has 0 aromatic heterocycles. The summed E-state index contributed by atoms with van der Waals surface area (Å²) in [6.07, 6.45) is 0.290. The van der Waals surface area contributed by atoms with E-state index in [0.29, 0.717) is 0 Å². The lowest BCUT2D eigenvalue weighted by molar-refractivity contribution is -0.112. The number of aldehydes is 1. The normalized spacial score (nSPS) is 12.0. The molecule has 0 N–H and O–H groups in total. The predicted molar refractivity (Wildman–Crippen MR) is 69.1 cm³/mol. The molecule has 1 amide bonds. The third-order valence-corrected chi connectivity index (χ3v) is 2.76. The van der Waals surface area contributed by atoms with Crippen molar-refractivity contribution < 1.29 is 14.3 Å². The fourth-order valence-electron chi connectivity index (χ4n) is 1.64. The van der Waals surface area contributed by atoms with Crippen molar-refractivity contribution in [1.29, 1.82) is 0 Å². The molecule has 0 aliphatic heterocycles. The first-order valence-corrected chi connectivity index (χ1v) is 5.95. The van der Waals surface area contributed by atoms with Gasteiger partial charge in [0.15, 0.2) is 0 Å². The summed E-state index contributed by atoms with van der Waals surface area (Å²) in [5.41, 5.74) is 0.923. The van der Waals surface area contributed by atoms with Gasteiger partial charge in [-0.25, -0.2) is 4.79 Å². The molecule has 1 unspecified atom stereocenters. The third kappa shape index (κ3) is 3.87. The Morgan fingerprint density at radius 2 is 1.94 bits per heavy atom. The van der Waals surface area contributed by atoms with E-state index in [1.165, 1.54) is 4.90 Å². The zero-order chi connectivity index (χ0) is 13.5. The summed E-state index contributed by atoms with van der Waals surface area (Å²) in [5.74, 6) is 0.0665. The minimum Gasteiger partial charge on any atom is -0.445 e. The van der Waals surface area contributed by atoms with Gasteiger partial charge in [0.05, 0.1) is 6.04 Å². The summed E-state index contributed by atoms with van der Waals surface area (Å²) < 4.78 is 5.15. The van der Waals surface area contributed by atoms with Crippen molar-refractivity contribution in [2.75, 3.05) is 7.05 Å². The van der Waals surface area contributed by atoms with Gasteiger partial charge in [0.1, 0.15) is 12.9 Å². The largest absolute Gasteiger partial charge is 0.445 e. The van der Waals surface area contributed by atoms with Crippen LogP contribution in [0.3, 0.4) is 0 Å². The lowest BCUT2D eigenvalue weighted by Crippen LogP contribution is -2.41. The van der Waals surface area contributed by atoms with Gasteiger partial charge in [-0.05, 0) is 11.5 Å². The first-order chi connectivity index (χ1) is 8.56. The van der Waals surface area contributed by atoms with E-state index in [-0.39, 0.29) is 12.5 Å². The molecule has 0 aliphatic carbocycles. The van der Waals surface area contributed by atoms with Gasteiger partial charge < -0.3 is 14.4 Å². The number of hydrogen-bond donors (Lipinski definition) is 0. The first kappa shape index (κ1) is 14.2. The average Bonchev–Trinajstić information content (AvgIpc) is 2.37. The van der Waals surface area contributed by atoms with Crippen LogP contribution < -0.4 is 0 Å². The highest BCUT2D eigenvalue weighted by atomic mass is 16.6. The standard InChI is InChI=1S/C14H19NO3/c1-11(2)13(9-16)15(3)14(17)18-10-12-7-5-4-6-8-12/h4-9,11,13H,10H2,1-3H3. The molecule has 1 rings (SSSR count). The second kappa shape index (κ2) is 6.79. The van der Waals surface area contributed by atoms with Crippen LogP contribution in [-0.2, 0) is 16.1 Å². The van der Waals surface area contributed by atoms with E-state index in [2.05, 4.69) is 0 Å². The van der Waals surface area contributed by atoms with Gasteiger partial charge in [0, 0.05) is 7.05 Å². The highest BCUT2D eigenvalue weighted by Crippen LogP contribution is 2.09. The molecular weight excluding hydrogens is 230 g/mol. The number of rotatable bonds is 5. The first-order valence-electron chi connectivity index (χ1n) is 5.95. The zero-order valence-corrected chi connectivity index (χ0v) is 11.0. The number of benzene rings is 1. The van der Waals surface area contributed by atoms with E-state index >= 15 is 0 Å². The van der Waals surface area contributed by atoms with Gasteiger partial charge in [0.25, 0.3) is 0 Å². The molecule has 0 saturated carbocycles. The summed E-state index contributed by atoms with van der Waals surface area (Å²) in [4.78, 5) is 24.0. The van der Waals surface area contributed by atoms with Gasteiger partial charge in [-0.3, -0.25) is 0 Å². The molecule has 0 spiro atoms. The minimum absolute atomic E-state index is 0.0665. The molecule has 18 heavy (non-hydrogen) atoms. The quantitative estimate of drug-likeness (QED) is 0.753. The van der Waals surface area contributed by atoms with Crippen molar-refractivity contribution >= 4 is 12.4 Å². The number of hydrogen-bond acceptors (Lipinski definition) is 3. The topological polar surface area (TPSA) is 46.6 Å². The molecule has 0 bridgehead atoms. The maximum atomic E-state index is 11.8. The molecule has 0 heterocycles. The number of carbonyl (C=O) groups excluding carboxylic acids is 2. The van der Waals surface area contributed by atoms with Crippen molar-refractivity contribution in [3.63, 3.8) is 0 Å². The summed E-state index contributed by atoms with van der Waals surface area (Å²) >= 11 is 0. The maximum absolute atomic E-state index is 11.8. The fourth-order valence-corrected chi connectivity index (χ4v) is 1.64. The lowest BCUT2D eigenvalue weighted by atomic mass is 10.1. The Labute approximate surface area is 108 Å². The molecule has 0 radical (unpaired) electrons. The molecule has 1 aromatic carbocycles. The Balaban J connectivity index is 2.52. The van der Waals surface area contributed by atoms with Gasteiger partial charge in [-0.2, -0.15) is 0 Å². The van der Waals surface area contributed by atoms with Crippen molar-refractivity contribution in [3.05, 3.63) is 35.9 Å². The van der Waals surface area contributed by atoms with Crippen LogP contribution in [0.2, 0.25) is 0 Å². The molecule has 1 atom stereocenters. The molecule has 4 heteroatoms. The van der Waals surface area contributed by atoms with E-state index in [1.54, 1.807) is 7.05 Å². The molecule has 0 saturated heterocycles. The molecular formula is C14H19NO3. The predicted octanol–water partition coefficient (Wildman–Crippen LogP) is 2.48. The summed E-state index contributed by atoms with van der Waals surface area (Å²) in [5, 5.41) is 0. The van der Waals surface area contributed by atoms with Crippen molar-refractivity contribution in [1.82, 2.24) is 4.90 Å². The van der Waals surface area contributed by atoms with E-state index in [9.17, 15) is 9.59 Å². The highest BCUT2D eigenvalue weighted by molar-refractivity contribution is 5.73. The second-order valence-corrected chi connectivity index (χ2v) is 4.52. The Morgan fingerprint density at radius 1 is 1.33 bits per heavy atom. The fraction of sp³-hybridized carbons (Fsp3) is 0.429. The van der Waals surface area contributed by atoms with Crippen LogP contribution in [0.4, 0.5) is 4.79 Å². The molecule has 0 fully saturated rings. The SMILES string of the molecule is CC(C)C(C=O)N(C)C(=O)OCc1ccccc1. The van der Waals surface area contributed by atoms with Crippen LogP contribution in [0.25, 0.3) is 0 Å². The average molecular weight is 249 g/mol. The van der Waals surface area contributed by atoms with Crippen LogP contribution in [0.1, 0.15) is 19.4 Å². The molecule has 0 aliphatic rings. The molecule has 4 nitrogen and oxygen atoms in total. The van der Waals surface area contributed by atoms with Crippen LogP contribution in [0.15, 0.2) is 30.3 Å². The van der Waals surface area contributed by atoms with Gasteiger partial charge in [-0.1, -0.05) is 44.2 Å². The van der Waals surface area contributed by atoms with E-state index < -0.39 is 12.1 Å². The van der Waals surface area contributed by atoms with Gasteiger partial charge in [-0.15, -0.1) is 0 Å². The van der Waals surface area contributed by atoms with Gasteiger partial charge >= 0.3 is 6.09 Å². The third-order valence-electron chi connectivity index (χ3n) is 2.76. The molecule has 98 valence electrons. The highest BCUT2D eigenvalue weighted by Gasteiger charge is 2.23. The van der Waals surface area contributed by atoms with Crippen LogP contribution in [-0.4, -0.2) is 30.4 Å². The number of ether oxygens (including phenoxy) is 1. The van der Waals surface area contributed by atoms with Crippen LogP contribution >= 0.6 is 0 Å². The Hall–Kier alpha value is -1.84. The summed E-state index contributed by atoms with van der Waals surface area (Å²) in [6.45, 7) is 3.99. The van der Waals surface area contributed by atoms with Crippen molar-refractivity contribution in [3.8, 4) is 0 Å². The van der Waals surface area contributed by atoms with Crippen molar-refractivity contribution in [2.45, 2.75) is 26.5 Å². The van der Waals surface area contributed by atoms with E-state index in [0.717, 1.165) is 11.8 Å². The van der Waals surface area contributed by atoms with E-state index in [4.69, 9.17) is 4.74 Å². The minimum atomic E-state index is -0.482. The monoisotopic (exact) mass is 249 g/mol. The summed E-state index contributed by atoms with van der Waals surface area (Å²) in [6, 6.07) is 8.98. The lowest BCUT2D eigenvalue weighted by Gasteiger charge is -2.25. The number of carbonyl (C=O) groups is 2. The van der Waals surface area contributed by atoms with Crippen LogP contribution in [0.5, 0.6) is 0 Å².